The van der Waals surface area contributed by atoms with E-state index in [0.717, 1.165) is 31.9 Å². The molecule has 2 N–H and O–H groups in total. The number of pyridine rings is 1. The Morgan fingerprint density at radius 1 is 1.30 bits per heavy atom. The quantitative estimate of drug-likeness (QED) is 0.858. The number of nitrogens with zero attached hydrogens (tertiary/aromatic N) is 4. The highest BCUT2D eigenvalue weighted by molar-refractivity contribution is 5.81. The summed E-state index contributed by atoms with van der Waals surface area (Å²) < 4.78 is 0. The lowest BCUT2D eigenvalue weighted by Gasteiger charge is -2.39. The predicted octanol–water partition coefficient (Wildman–Crippen LogP) is 0.263. The third-order valence-electron chi connectivity index (χ3n) is 3.80. The number of nitrogen functional groups attached to an aromatic ring is 1. The minimum Gasteiger partial charge on any atom is -0.384 e. The van der Waals surface area contributed by atoms with Gasteiger partial charge in [-0.3, -0.25) is 9.69 Å². The van der Waals surface area contributed by atoms with Gasteiger partial charge in [-0.05, 0) is 19.1 Å². The largest absolute Gasteiger partial charge is 0.384 e. The van der Waals surface area contributed by atoms with Crippen LogP contribution in [0.2, 0.25) is 0 Å². The lowest BCUT2D eigenvalue weighted by atomic mass is 10.2. The standard InChI is InChI=1S/C14H23N5O/c1-11(14(20)17(2)3)18-6-8-19(9-7-18)12-4-5-13(15)16-10-12/h4-5,10-11H,6-9H2,1-3H3,(H2,15,16). The van der Waals surface area contributed by atoms with Crippen molar-refractivity contribution in [1.29, 1.82) is 0 Å². The van der Waals surface area contributed by atoms with Gasteiger partial charge in [-0.1, -0.05) is 0 Å². The van der Waals surface area contributed by atoms with Crippen LogP contribution in [-0.4, -0.2) is 67.0 Å². The van der Waals surface area contributed by atoms with E-state index >= 15 is 0 Å². The van der Waals surface area contributed by atoms with Crippen LogP contribution in [0.1, 0.15) is 6.92 Å². The number of aromatic nitrogens is 1. The number of rotatable bonds is 3. The molecule has 6 nitrogen and oxygen atoms in total. The maximum atomic E-state index is 12.0. The molecule has 1 atom stereocenters. The van der Waals surface area contributed by atoms with Crippen LogP contribution < -0.4 is 10.6 Å². The van der Waals surface area contributed by atoms with Crippen LogP contribution in [0.3, 0.4) is 0 Å². The van der Waals surface area contributed by atoms with E-state index in [2.05, 4.69) is 14.8 Å². The average Bonchev–Trinajstić information content (AvgIpc) is 2.46. The van der Waals surface area contributed by atoms with Gasteiger partial charge in [0, 0.05) is 40.3 Å². The van der Waals surface area contributed by atoms with E-state index in [1.54, 1.807) is 25.2 Å². The number of amides is 1. The van der Waals surface area contributed by atoms with Crippen molar-refractivity contribution in [2.24, 2.45) is 0 Å². The zero-order chi connectivity index (χ0) is 14.7. The highest BCUT2D eigenvalue weighted by Crippen LogP contribution is 2.17. The number of likely N-dealkylation sites (N-methyl/N-ethyl adjacent to an activating group) is 1. The van der Waals surface area contributed by atoms with Gasteiger partial charge in [0.2, 0.25) is 5.91 Å². The van der Waals surface area contributed by atoms with Gasteiger partial charge in [-0.2, -0.15) is 0 Å². The summed E-state index contributed by atoms with van der Waals surface area (Å²) in [4.78, 5) is 22.3. The SMILES string of the molecule is CC(C(=O)N(C)C)N1CCN(c2ccc(N)nc2)CC1. The lowest BCUT2D eigenvalue weighted by Crippen LogP contribution is -2.53. The molecule has 0 saturated carbocycles. The summed E-state index contributed by atoms with van der Waals surface area (Å²) in [5, 5.41) is 0. The Balaban J connectivity index is 1.92. The molecule has 20 heavy (non-hydrogen) atoms. The summed E-state index contributed by atoms with van der Waals surface area (Å²) in [5.74, 6) is 0.699. The van der Waals surface area contributed by atoms with Gasteiger partial charge in [0.15, 0.2) is 0 Å². The van der Waals surface area contributed by atoms with Crippen molar-refractivity contribution in [3.05, 3.63) is 18.3 Å². The van der Waals surface area contributed by atoms with E-state index in [0.29, 0.717) is 5.82 Å². The summed E-state index contributed by atoms with van der Waals surface area (Å²) in [6.45, 7) is 5.53. The fourth-order valence-corrected chi connectivity index (χ4v) is 2.48. The van der Waals surface area contributed by atoms with Gasteiger partial charge in [-0.25, -0.2) is 4.98 Å². The van der Waals surface area contributed by atoms with Crippen LogP contribution >= 0.6 is 0 Å². The molecule has 0 bridgehead atoms. The highest BCUT2D eigenvalue weighted by atomic mass is 16.2. The van der Waals surface area contributed by atoms with Crippen LogP contribution in [0, 0.1) is 0 Å². The third-order valence-corrected chi connectivity index (χ3v) is 3.80. The Labute approximate surface area is 120 Å². The molecule has 0 spiro atoms. The Hall–Kier alpha value is -1.82. The van der Waals surface area contributed by atoms with E-state index in [-0.39, 0.29) is 11.9 Å². The van der Waals surface area contributed by atoms with Gasteiger partial charge < -0.3 is 15.5 Å². The Kier molecular flexibility index (Phi) is 4.44. The molecule has 1 aromatic rings. The number of carbonyl (C=O) groups is 1. The van der Waals surface area contributed by atoms with E-state index in [1.807, 2.05) is 19.1 Å². The molecule has 1 aliphatic heterocycles. The first kappa shape index (κ1) is 14.6. The topological polar surface area (TPSA) is 65.7 Å². The first-order valence-corrected chi connectivity index (χ1v) is 6.90. The minimum atomic E-state index is -0.0586. The molecular weight excluding hydrogens is 254 g/mol. The first-order valence-electron chi connectivity index (χ1n) is 6.90. The molecule has 0 radical (unpaired) electrons. The average molecular weight is 277 g/mol. The van der Waals surface area contributed by atoms with E-state index in [1.165, 1.54) is 0 Å². The molecule has 1 saturated heterocycles. The molecule has 6 heteroatoms. The van der Waals surface area contributed by atoms with Gasteiger partial charge in [0.1, 0.15) is 5.82 Å². The van der Waals surface area contributed by atoms with Gasteiger partial charge in [-0.15, -0.1) is 0 Å². The predicted molar refractivity (Wildman–Crippen MR) is 80.6 cm³/mol. The van der Waals surface area contributed by atoms with Crippen LogP contribution in [0.4, 0.5) is 11.5 Å². The summed E-state index contributed by atoms with van der Waals surface area (Å²) in [5.41, 5.74) is 6.69. The Morgan fingerprint density at radius 2 is 1.95 bits per heavy atom. The number of hydrogen-bond donors (Lipinski definition) is 1. The van der Waals surface area contributed by atoms with Crippen LogP contribution in [0.5, 0.6) is 0 Å². The van der Waals surface area contributed by atoms with Crippen molar-refractivity contribution in [2.45, 2.75) is 13.0 Å². The van der Waals surface area contributed by atoms with Crippen molar-refractivity contribution in [3.63, 3.8) is 0 Å². The van der Waals surface area contributed by atoms with E-state index in [9.17, 15) is 4.79 Å². The number of carbonyl (C=O) groups excluding carboxylic acids is 1. The van der Waals surface area contributed by atoms with E-state index in [4.69, 9.17) is 5.73 Å². The second-order valence-electron chi connectivity index (χ2n) is 5.37. The molecule has 2 rings (SSSR count). The second-order valence-corrected chi connectivity index (χ2v) is 5.37. The molecule has 1 amide bonds. The number of piperazine rings is 1. The number of anilines is 2. The van der Waals surface area contributed by atoms with Gasteiger partial charge >= 0.3 is 0 Å². The number of nitrogens with two attached hydrogens (primary N) is 1. The van der Waals surface area contributed by atoms with Crippen molar-refractivity contribution < 1.29 is 4.79 Å². The molecule has 110 valence electrons. The van der Waals surface area contributed by atoms with Crippen LogP contribution in [0.25, 0.3) is 0 Å². The van der Waals surface area contributed by atoms with E-state index < -0.39 is 0 Å². The molecular formula is C14H23N5O. The molecule has 0 aromatic carbocycles. The fraction of sp³-hybridized carbons (Fsp3) is 0.571. The summed E-state index contributed by atoms with van der Waals surface area (Å²) in [6, 6.07) is 3.75. The monoisotopic (exact) mass is 277 g/mol. The lowest BCUT2D eigenvalue weighted by molar-refractivity contribution is -0.133. The summed E-state index contributed by atoms with van der Waals surface area (Å²) in [7, 11) is 3.60. The van der Waals surface area contributed by atoms with Crippen molar-refractivity contribution >= 4 is 17.4 Å². The number of hydrogen-bond acceptors (Lipinski definition) is 5. The molecule has 2 heterocycles. The third kappa shape index (κ3) is 3.19. The van der Waals surface area contributed by atoms with Crippen LogP contribution in [-0.2, 0) is 4.79 Å². The maximum Gasteiger partial charge on any atom is 0.239 e. The molecule has 1 aliphatic rings. The minimum absolute atomic E-state index is 0.0586. The highest BCUT2D eigenvalue weighted by Gasteiger charge is 2.26. The molecule has 0 aliphatic carbocycles. The molecule has 1 fully saturated rings. The summed E-state index contributed by atoms with van der Waals surface area (Å²) >= 11 is 0. The van der Waals surface area contributed by atoms with Gasteiger partial charge in [0.25, 0.3) is 0 Å². The Morgan fingerprint density at radius 3 is 2.45 bits per heavy atom. The zero-order valence-electron chi connectivity index (χ0n) is 12.4. The van der Waals surface area contributed by atoms with Crippen molar-refractivity contribution in [3.8, 4) is 0 Å². The van der Waals surface area contributed by atoms with Gasteiger partial charge in [0.05, 0.1) is 17.9 Å². The fourth-order valence-electron chi connectivity index (χ4n) is 2.48. The second kappa shape index (κ2) is 6.09. The molecule has 1 unspecified atom stereocenters. The summed E-state index contributed by atoms with van der Waals surface area (Å²) in [6.07, 6.45) is 1.80. The normalized spacial score (nSPS) is 17.9. The Bertz CT molecular complexity index is 451. The smallest absolute Gasteiger partial charge is 0.239 e. The molecule has 1 aromatic heterocycles. The first-order chi connectivity index (χ1) is 9.49. The van der Waals surface area contributed by atoms with Crippen molar-refractivity contribution in [2.75, 3.05) is 50.9 Å². The van der Waals surface area contributed by atoms with Crippen LogP contribution in [0.15, 0.2) is 18.3 Å². The zero-order valence-corrected chi connectivity index (χ0v) is 12.4. The van der Waals surface area contributed by atoms with Crippen molar-refractivity contribution in [1.82, 2.24) is 14.8 Å². The maximum absolute atomic E-state index is 12.0.